The van der Waals surface area contributed by atoms with Crippen LogP contribution >= 0.6 is 11.8 Å². The van der Waals surface area contributed by atoms with Crippen LogP contribution in [0.15, 0.2) is 41.4 Å². The number of hydroxylamine groups is 1. The molecule has 1 aromatic heterocycles. The highest BCUT2D eigenvalue weighted by Crippen LogP contribution is 2.41. The van der Waals surface area contributed by atoms with Crippen LogP contribution in [0.3, 0.4) is 0 Å². The van der Waals surface area contributed by atoms with E-state index in [-0.39, 0.29) is 24.3 Å². The van der Waals surface area contributed by atoms with E-state index in [4.69, 9.17) is 10.5 Å². The first-order chi connectivity index (χ1) is 19.2. The van der Waals surface area contributed by atoms with Crippen LogP contribution < -0.4 is 16.0 Å². The van der Waals surface area contributed by atoms with E-state index >= 15 is 4.39 Å². The van der Waals surface area contributed by atoms with Crippen molar-refractivity contribution in [3.63, 3.8) is 0 Å². The molecule has 40 heavy (non-hydrogen) atoms. The Morgan fingerprint density at radius 2 is 1.93 bits per heavy atom. The van der Waals surface area contributed by atoms with E-state index < -0.39 is 34.9 Å². The molecule has 1 aliphatic heterocycles. The summed E-state index contributed by atoms with van der Waals surface area (Å²) in [5, 5.41) is 10.1. The molecule has 0 bridgehead atoms. The van der Waals surface area contributed by atoms with Crippen LogP contribution in [0.5, 0.6) is 5.75 Å². The van der Waals surface area contributed by atoms with Crippen LogP contribution in [0.1, 0.15) is 43.0 Å². The number of amides is 1. The molecule has 1 atom stereocenters. The third-order valence-electron chi connectivity index (χ3n) is 7.62. The fourth-order valence-electron chi connectivity index (χ4n) is 5.30. The van der Waals surface area contributed by atoms with Gasteiger partial charge in [0.25, 0.3) is 0 Å². The second-order valence-corrected chi connectivity index (χ2v) is 11.0. The zero-order valence-corrected chi connectivity index (χ0v) is 22.9. The average molecular weight is 581 g/mol. The number of benzene rings is 2. The van der Waals surface area contributed by atoms with Crippen molar-refractivity contribution >= 4 is 28.6 Å². The van der Waals surface area contributed by atoms with Gasteiger partial charge < -0.3 is 15.4 Å². The number of piperidine rings is 1. The molecule has 2 heterocycles. The zero-order chi connectivity index (χ0) is 28.9. The molecule has 0 aliphatic carbocycles. The molecule has 0 unspecified atom stereocenters. The number of carbonyl (C=O) groups is 1. The number of fused-ring (bicyclic) bond motifs is 1. The highest BCUT2D eigenvalue weighted by Gasteiger charge is 2.41. The van der Waals surface area contributed by atoms with Gasteiger partial charge in [0.1, 0.15) is 29.4 Å². The molecule has 0 radical (unpaired) electrons. The lowest BCUT2D eigenvalue weighted by molar-refractivity contribution is -0.143. The van der Waals surface area contributed by atoms with Gasteiger partial charge in [-0.1, -0.05) is 0 Å². The van der Waals surface area contributed by atoms with Crippen LogP contribution in [0.2, 0.25) is 0 Å². The quantitative estimate of drug-likeness (QED) is 0.123. The van der Waals surface area contributed by atoms with Crippen LogP contribution in [0.25, 0.3) is 10.9 Å². The SMILES string of the molecule is COc1ccc2ncc(CN)c([C@H](F)CCC3(C(=O)NO)CCN(CCSc4c(F)cc(F)cc4F)CC3)c2c1. The summed E-state index contributed by atoms with van der Waals surface area (Å²) in [4.78, 5) is 19.0. The lowest BCUT2D eigenvalue weighted by Gasteiger charge is -2.40. The van der Waals surface area contributed by atoms with Gasteiger partial charge >= 0.3 is 0 Å². The number of ether oxygens (including phenoxy) is 1. The molecule has 4 N–H and O–H groups in total. The van der Waals surface area contributed by atoms with Crippen molar-refractivity contribution in [1.82, 2.24) is 15.4 Å². The Hall–Kier alpha value is -2.93. The minimum Gasteiger partial charge on any atom is -0.497 e. The number of hydrogen-bond acceptors (Lipinski definition) is 7. The van der Waals surface area contributed by atoms with Crippen LogP contribution in [-0.2, 0) is 11.3 Å². The number of aromatic nitrogens is 1. The van der Waals surface area contributed by atoms with Crippen molar-refractivity contribution < 1.29 is 32.3 Å². The molecule has 1 aliphatic rings. The number of rotatable bonds is 11. The van der Waals surface area contributed by atoms with Crippen LogP contribution in [0, 0.1) is 22.9 Å². The summed E-state index contributed by atoms with van der Waals surface area (Å²) >= 11 is 0.954. The fourth-order valence-corrected chi connectivity index (χ4v) is 6.25. The summed E-state index contributed by atoms with van der Waals surface area (Å²) in [6, 6.07) is 6.51. The number of nitrogens with two attached hydrogens (primary N) is 1. The summed E-state index contributed by atoms with van der Waals surface area (Å²) in [5.74, 6) is -2.52. The smallest absolute Gasteiger partial charge is 0.249 e. The maximum atomic E-state index is 15.9. The number of methoxy groups -OCH3 is 1. The maximum absolute atomic E-state index is 15.9. The monoisotopic (exact) mass is 580 g/mol. The highest BCUT2D eigenvalue weighted by molar-refractivity contribution is 7.99. The molecule has 7 nitrogen and oxygen atoms in total. The van der Waals surface area contributed by atoms with E-state index in [1.165, 1.54) is 7.11 Å². The number of nitrogens with one attached hydrogen (secondary N) is 1. The van der Waals surface area contributed by atoms with Gasteiger partial charge in [-0.3, -0.25) is 15.0 Å². The predicted octanol–water partition coefficient (Wildman–Crippen LogP) is 5.29. The first kappa shape index (κ1) is 30.0. The Morgan fingerprint density at radius 1 is 1.23 bits per heavy atom. The molecule has 2 aromatic carbocycles. The van der Waals surface area contributed by atoms with Crippen LogP contribution in [0.4, 0.5) is 17.6 Å². The Labute approximate surface area is 234 Å². The number of hydrogen-bond donors (Lipinski definition) is 3. The first-order valence-electron chi connectivity index (χ1n) is 12.9. The van der Waals surface area contributed by atoms with Gasteiger partial charge in [-0.2, -0.15) is 0 Å². The topological polar surface area (TPSA) is 101 Å². The third-order valence-corrected chi connectivity index (χ3v) is 8.69. The summed E-state index contributed by atoms with van der Waals surface area (Å²) in [7, 11) is 1.52. The lowest BCUT2D eigenvalue weighted by Crippen LogP contribution is -2.48. The Morgan fingerprint density at radius 3 is 2.55 bits per heavy atom. The van der Waals surface area contributed by atoms with Crippen molar-refractivity contribution in [2.45, 2.75) is 43.3 Å². The van der Waals surface area contributed by atoms with Crippen molar-refractivity contribution in [3.05, 3.63) is 65.1 Å². The molecule has 3 aromatic rings. The predicted molar refractivity (Wildman–Crippen MR) is 144 cm³/mol. The number of nitrogens with zero attached hydrogens (tertiary/aromatic N) is 2. The first-order valence-corrected chi connectivity index (χ1v) is 13.9. The van der Waals surface area contributed by atoms with Gasteiger partial charge in [0.2, 0.25) is 5.91 Å². The Kier molecular flexibility index (Phi) is 9.88. The fraction of sp³-hybridized carbons (Fsp3) is 0.429. The van der Waals surface area contributed by atoms with Gasteiger partial charge in [-0.15, -0.1) is 11.8 Å². The van der Waals surface area contributed by atoms with E-state index in [0.717, 1.165) is 11.8 Å². The average Bonchev–Trinajstić information content (AvgIpc) is 2.96. The summed E-state index contributed by atoms with van der Waals surface area (Å²) in [6.45, 7) is 1.52. The van der Waals surface area contributed by atoms with Crippen molar-refractivity contribution in [2.24, 2.45) is 11.1 Å². The second-order valence-electron chi connectivity index (χ2n) is 9.90. The van der Waals surface area contributed by atoms with Crippen molar-refractivity contribution in [3.8, 4) is 5.75 Å². The number of carbonyl (C=O) groups excluding carboxylic acids is 1. The van der Waals surface area contributed by atoms with Crippen molar-refractivity contribution in [2.75, 3.05) is 32.5 Å². The molecular weight excluding hydrogens is 548 g/mol. The minimum absolute atomic E-state index is 0.0235. The number of halogens is 4. The Bertz CT molecular complexity index is 1330. The number of alkyl halides is 1. The van der Waals surface area contributed by atoms with E-state index in [9.17, 15) is 23.2 Å². The largest absolute Gasteiger partial charge is 0.497 e. The molecule has 1 saturated heterocycles. The normalized spacial score (nSPS) is 16.2. The van der Waals surface area contributed by atoms with E-state index in [1.807, 2.05) is 4.90 Å². The minimum atomic E-state index is -1.44. The number of pyridine rings is 1. The zero-order valence-electron chi connectivity index (χ0n) is 22.1. The van der Waals surface area contributed by atoms with Crippen molar-refractivity contribution in [1.29, 1.82) is 0 Å². The van der Waals surface area contributed by atoms with Crippen LogP contribution in [-0.4, -0.2) is 53.5 Å². The maximum Gasteiger partial charge on any atom is 0.249 e. The molecular formula is C28H32F4N4O3S. The van der Waals surface area contributed by atoms with Gasteiger partial charge in [0, 0.05) is 48.1 Å². The highest BCUT2D eigenvalue weighted by atomic mass is 32.2. The standard InChI is InChI=1S/C28H32F4N4O3S/c1-39-19-2-3-24-20(14-19)25(17(15-33)16-34-24)21(30)4-5-28(27(37)35-38)6-8-36(9-7-28)10-11-40-26-22(31)12-18(29)13-23(26)32/h2-3,12-14,16,21,38H,4-11,15,33H2,1H3,(H,35,37)/t21-/m1/s1. The molecule has 0 spiro atoms. The van der Waals surface area contributed by atoms with E-state index in [2.05, 4.69) is 4.98 Å². The lowest BCUT2D eigenvalue weighted by atomic mass is 9.73. The number of thioether (sulfide) groups is 1. The molecule has 0 saturated carbocycles. The van der Waals surface area contributed by atoms with Gasteiger partial charge in [-0.05, 0) is 62.5 Å². The van der Waals surface area contributed by atoms with E-state index in [0.29, 0.717) is 78.1 Å². The van der Waals surface area contributed by atoms with E-state index in [1.54, 1.807) is 29.9 Å². The third kappa shape index (κ3) is 6.51. The molecule has 1 fully saturated rings. The summed E-state index contributed by atoms with van der Waals surface area (Å²) in [6.07, 6.45) is 1.07. The van der Waals surface area contributed by atoms with Gasteiger partial charge in [0.15, 0.2) is 0 Å². The van der Waals surface area contributed by atoms with Gasteiger partial charge in [-0.25, -0.2) is 23.0 Å². The second kappa shape index (κ2) is 13.2. The molecule has 216 valence electrons. The molecule has 1 amide bonds. The van der Waals surface area contributed by atoms with Gasteiger partial charge in [0.05, 0.1) is 22.9 Å². The molecule has 12 heteroatoms. The Balaban J connectivity index is 1.42. The number of likely N-dealkylation sites (tertiary alicyclic amines) is 1. The summed E-state index contributed by atoms with van der Waals surface area (Å²) in [5.41, 5.74) is 8.26. The molecule has 4 rings (SSSR count). The summed E-state index contributed by atoms with van der Waals surface area (Å²) < 4.78 is 62.2.